The summed E-state index contributed by atoms with van der Waals surface area (Å²) in [5.74, 6) is 4.49. The average Bonchev–Trinajstić information content (AvgIpc) is 3.85. The Kier molecular flexibility index (Phi) is 8.22. The second-order valence-electron chi connectivity index (χ2n) is 17.5. The quantitative estimate of drug-likeness (QED) is 0.199. The SMILES string of the molecule is O=C1C=CC(=O)C(C2CCCC3C4NC5NC(NC6NC(NC7NC(NC(N4)C23)C2CCCCC72)C2CCCCC62)C2CCCCC52)=C1. The first-order valence-corrected chi connectivity index (χ1v) is 20.2. The summed E-state index contributed by atoms with van der Waals surface area (Å²) in [6, 6.07) is 0. The maximum absolute atomic E-state index is 13.3. The third-order valence-corrected chi connectivity index (χ3v) is 15.3. The van der Waals surface area contributed by atoms with E-state index in [0.29, 0.717) is 59.9 Å². The Hall–Kier alpha value is -1.50. The van der Waals surface area contributed by atoms with Crippen LogP contribution in [0.15, 0.2) is 23.8 Å². The molecule has 4 saturated carbocycles. The smallest absolute Gasteiger partial charge is 0.182 e. The first-order valence-electron chi connectivity index (χ1n) is 20.2. The molecule has 5 aliphatic carbocycles. The van der Waals surface area contributed by atoms with Crippen LogP contribution in [0, 0.1) is 53.3 Å². The number of hydrogen-bond donors (Lipinski definition) is 8. The number of ketones is 2. The molecule has 0 aromatic carbocycles. The molecule has 17 unspecified atom stereocenters. The van der Waals surface area contributed by atoms with E-state index in [0.717, 1.165) is 24.8 Å². The fourth-order valence-electron chi connectivity index (χ4n) is 13.2. The van der Waals surface area contributed by atoms with Gasteiger partial charge in [-0.3, -0.25) is 52.1 Å². The lowest BCUT2D eigenvalue weighted by molar-refractivity contribution is -0.115. The molecule has 8 bridgehead atoms. The third kappa shape index (κ3) is 5.26. The largest absolute Gasteiger partial charge is 0.290 e. The Morgan fingerprint density at radius 2 is 0.750 bits per heavy atom. The highest BCUT2D eigenvalue weighted by Gasteiger charge is 2.56. The van der Waals surface area contributed by atoms with Crippen molar-refractivity contribution in [2.24, 2.45) is 53.3 Å². The summed E-state index contributed by atoms with van der Waals surface area (Å²) in [5.41, 5.74) is 0.742. The fourth-order valence-corrected chi connectivity index (χ4v) is 13.2. The van der Waals surface area contributed by atoms with Crippen molar-refractivity contribution in [2.75, 3.05) is 0 Å². The fraction of sp³-hybridized carbons (Fsp3) is 0.842. The molecule has 10 nitrogen and oxygen atoms in total. The minimum Gasteiger partial charge on any atom is -0.290 e. The lowest BCUT2D eigenvalue weighted by Crippen LogP contribution is -2.61. The minimum atomic E-state index is -0.0426. The summed E-state index contributed by atoms with van der Waals surface area (Å²) >= 11 is 0. The van der Waals surface area contributed by atoms with Crippen molar-refractivity contribution in [1.29, 1.82) is 0 Å². The normalized spacial score (nSPS) is 53.1. The zero-order valence-corrected chi connectivity index (χ0v) is 28.5. The molecular formula is C38H58N8O2. The molecule has 0 aromatic heterocycles. The molecule has 8 N–H and O–H groups in total. The summed E-state index contributed by atoms with van der Waals surface area (Å²) in [7, 11) is 0. The van der Waals surface area contributed by atoms with Crippen LogP contribution in [0.25, 0.3) is 0 Å². The van der Waals surface area contributed by atoms with E-state index in [-0.39, 0.29) is 54.2 Å². The molecule has 17 atom stereocenters. The first-order chi connectivity index (χ1) is 23.6. The van der Waals surface area contributed by atoms with Crippen LogP contribution in [0.4, 0.5) is 0 Å². The van der Waals surface area contributed by atoms with Crippen LogP contribution in [0.5, 0.6) is 0 Å². The standard InChI is InChI=1S/C38H58N8O2/c47-19-16-17-29(48)28(18-19)20-14-7-15-27-30(20)38-45-36-26-13-6-5-12-25(26)34(43-36)41-32-22-9-2-1-8-21(22)31(39-32)40-33-23-10-3-4-11-24(23)35(42-33)44-37(27)46-38/h16-18,20-27,30-46H,1-15H2. The van der Waals surface area contributed by atoms with Crippen LogP contribution in [-0.2, 0) is 9.59 Å². The molecule has 5 saturated heterocycles. The molecule has 10 aliphatic rings. The van der Waals surface area contributed by atoms with Gasteiger partial charge in [-0.25, -0.2) is 0 Å². The highest BCUT2D eigenvalue weighted by molar-refractivity contribution is 6.17. The van der Waals surface area contributed by atoms with Crippen molar-refractivity contribution >= 4 is 11.6 Å². The molecule has 10 heteroatoms. The van der Waals surface area contributed by atoms with Crippen molar-refractivity contribution in [3.05, 3.63) is 23.8 Å². The maximum atomic E-state index is 13.3. The van der Waals surface area contributed by atoms with Crippen LogP contribution in [0.2, 0.25) is 0 Å². The molecule has 9 fully saturated rings. The van der Waals surface area contributed by atoms with E-state index < -0.39 is 0 Å². The van der Waals surface area contributed by atoms with Crippen molar-refractivity contribution < 1.29 is 9.59 Å². The Morgan fingerprint density at radius 3 is 1.17 bits per heavy atom. The van der Waals surface area contributed by atoms with Crippen LogP contribution < -0.4 is 42.5 Å². The van der Waals surface area contributed by atoms with E-state index >= 15 is 0 Å². The van der Waals surface area contributed by atoms with Gasteiger partial charge in [0.1, 0.15) is 0 Å². The van der Waals surface area contributed by atoms with Gasteiger partial charge in [-0.15, -0.1) is 0 Å². The second kappa shape index (κ2) is 12.6. The van der Waals surface area contributed by atoms with Gasteiger partial charge in [0, 0.05) is 11.5 Å². The topological polar surface area (TPSA) is 130 Å². The number of allylic oxidation sites excluding steroid dienone is 4. The van der Waals surface area contributed by atoms with E-state index in [2.05, 4.69) is 42.5 Å². The number of carbonyl (C=O) groups is 2. The Bertz CT molecular complexity index is 1340. The zero-order chi connectivity index (χ0) is 31.9. The number of nitrogens with one attached hydrogen (secondary N) is 8. The number of carbonyl (C=O) groups excluding carboxylic acids is 2. The third-order valence-electron chi connectivity index (χ3n) is 15.3. The molecule has 5 heterocycles. The van der Waals surface area contributed by atoms with Crippen molar-refractivity contribution in [3.63, 3.8) is 0 Å². The van der Waals surface area contributed by atoms with Gasteiger partial charge in [0.05, 0.1) is 49.3 Å². The molecule has 48 heavy (non-hydrogen) atoms. The summed E-state index contributed by atoms with van der Waals surface area (Å²) in [5, 5.41) is 33.5. The second-order valence-corrected chi connectivity index (χ2v) is 17.5. The Morgan fingerprint density at radius 1 is 0.396 bits per heavy atom. The van der Waals surface area contributed by atoms with E-state index in [4.69, 9.17) is 0 Å². The highest BCUT2D eigenvalue weighted by Crippen LogP contribution is 2.48. The van der Waals surface area contributed by atoms with Crippen LogP contribution in [0.3, 0.4) is 0 Å². The van der Waals surface area contributed by atoms with Gasteiger partial charge in [0.15, 0.2) is 11.6 Å². The van der Waals surface area contributed by atoms with Crippen LogP contribution >= 0.6 is 0 Å². The Balaban J connectivity index is 1.01. The van der Waals surface area contributed by atoms with Gasteiger partial charge >= 0.3 is 0 Å². The van der Waals surface area contributed by atoms with Gasteiger partial charge in [-0.1, -0.05) is 44.9 Å². The maximum Gasteiger partial charge on any atom is 0.182 e. The van der Waals surface area contributed by atoms with Crippen molar-refractivity contribution in [1.82, 2.24) is 42.5 Å². The summed E-state index contributed by atoms with van der Waals surface area (Å²) < 4.78 is 0. The predicted molar refractivity (Wildman–Crippen MR) is 183 cm³/mol. The van der Waals surface area contributed by atoms with Gasteiger partial charge in [0.2, 0.25) is 0 Å². The first kappa shape index (κ1) is 31.3. The molecule has 0 radical (unpaired) electrons. The lowest BCUT2D eigenvalue weighted by atomic mass is 9.67. The summed E-state index contributed by atoms with van der Waals surface area (Å²) in [6.07, 6.45) is 25.5. The van der Waals surface area contributed by atoms with Crippen molar-refractivity contribution in [2.45, 2.75) is 146 Å². The molecule has 5 aliphatic heterocycles. The average molecular weight is 659 g/mol. The number of hydrogen-bond acceptors (Lipinski definition) is 10. The van der Waals surface area contributed by atoms with Crippen LogP contribution in [0.1, 0.15) is 96.3 Å². The summed E-state index contributed by atoms with van der Waals surface area (Å²) in [6.45, 7) is 0. The van der Waals surface area contributed by atoms with E-state index in [1.54, 1.807) is 6.08 Å². The molecule has 0 amide bonds. The minimum absolute atomic E-state index is 0.0318. The highest BCUT2D eigenvalue weighted by atomic mass is 16.1. The summed E-state index contributed by atoms with van der Waals surface area (Å²) in [4.78, 5) is 25.9. The Labute approximate surface area is 286 Å². The van der Waals surface area contributed by atoms with E-state index in [1.165, 1.54) is 89.2 Å². The van der Waals surface area contributed by atoms with Crippen molar-refractivity contribution in [3.8, 4) is 0 Å². The number of rotatable bonds is 1. The van der Waals surface area contributed by atoms with Crippen LogP contribution in [-0.4, -0.2) is 60.9 Å². The van der Waals surface area contributed by atoms with E-state index in [1.807, 2.05) is 0 Å². The zero-order valence-electron chi connectivity index (χ0n) is 28.5. The molecule has 0 spiro atoms. The van der Waals surface area contributed by atoms with Gasteiger partial charge < -0.3 is 0 Å². The van der Waals surface area contributed by atoms with Gasteiger partial charge in [-0.05, 0) is 117 Å². The molecular weight excluding hydrogens is 600 g/mol. The van der Waals surface area contributed by atoms with Gasteiger partial charge in [-0.2, -0.15) is 0 Å². The molecule has 10 rings (SSSR count). The lowest BCUT2D eigenvalue weighted by Gasteiger charge is -2.40. The van der Waals surface area contributed by atoms with E-state index in [9.17, 15) is 9.59 Å². The van der Waals surface area contributed by atoms with Gasteiger partial charge in [0.25, 0.3) is 0 Å². The monoisotopic (exact) mass is 658 g/mol. The molecule has 0 aromatic rings. The predicted octanol–water partition coefficient (Wildman–Crippen LogP) is 2.47. The number of fused-ring (bicyclic) bond motifs is 20. The molecule has 262 valence electrons.